The molecule has 1 rings (SSSR count). The van der Waals surface area contributed by atoms with E-state index in [0.29, 0.717) is 39.3 Å². The van der Waals surface area contributed by atoms with E-state index in [1.807, 2.05) is 6.92 Å². The monoisotopic (exact) mass is 344 g/mol. The van der Waals surface area contributed by atoms with Crippen molar-refractivity contribution in [1.29, 1.82) is 0 Å². The largest absolute Gasteiger partial charge is 0.465 e. The first kappa shape index (κ1) is 20.9. The van der Waals surface area contributed by atoms with Crippen LogP contribution in [0.1, 0.15) is 52.4 Å². The van der Waals surface area contributed by atoms with E-state index in [2.05, 4.69) is 6.92 Å². The molecule has 2 atom stereocenters. The molecule has 24 heavy (non-hydrogen) atoms. The van der Waals surface area contributed by atoms with Gasteiger partial charge in [0.05, 0.1) is 38.3 Å². The molecular formula is C18H32O6. The van der Waals surface area contributed by atoms with Gasteiger partial charge in [-0.3, -0.25) is 9.59 Å². The molecule has 6 heteroatoms. The van der Waals surface area contributed by atoms with Gasteiger partial charge in [-0.05, 0) is 25.7 Å². The number of ether oxygens (including phenoxy) is 4. The maximum atomic E-state index is 12.3. The summed E-state index contributed by atoms with van der Waals surface area (Å²) in [6.07, 6.45) is 5.07. The van der Waals surface area contributed by atoms with Gasteiger partial charge in [-0.15, -0.1) is 0 Å². The van der Waals surface area contributed by atoms with Crippen molar-refractivity contribution in [2.24, 2.45) is 11.8 Å². The molecule has 0 aromatic heterocycles. The smallest absolute Gasteiger partial charge is 0.309 e. The summed E-state index contributed by atoms with van der Waals surface area (Å²) in [5.41, 5.74) is 0. The average Bonchev–Trinajstić information content (AvgIpc) is 2.61. The van der Waals surface area contributed by atoms with Gasteiger partial charge in [0.1, 0.15) is 6.61 Å². The van der Waals surface area contributed by atoms with Crippen LogP contribution in [-0.2, 0) is 28.5 Å². The van der Waals surface area contributed by atoms with Gasteiger partial charge in [0.2, 0.25) is 0 Å². The van der Waals surface area contributed by atoms with Crippen molar-refractivity contribution in [3.8, 4) is 0 Å². The molecule has 0 heterocycles. The lowest BCUT2D eigenvalue weighted by Gasteiger charge is -2.28. The van der Waals surface area contributed by atoms with E-state index in [9.17, 15) is 9.59 Å². The third-order valence-corrected chi connectivity index (χ3v) is 4.01. The zero-order chi connectivity index (χ0) is 17.6. The molecule has 0 aromatic carbocycles. The lowest BCUT2D eigenvalue weighted by molar-refractivity contribution is -0.163. The van der Waals surface area contributed by atoms with E-state index in [4.69, 9.17) is 18.9 Å². The zero-order valence-electron chi connectivity index (χ0n) is 15.1. The lowest BCUT2D eigenvalue weighted by Crippen LogP contribution is -2.35. The highest BCUT2D eigenvalue weighted by molar-refractivity contribution is 5.82. The van der Waals surface area contributed by atoms with Gasteiger partial charge in [-0.1, -0.05) is 26.7 Å². The molecule has 0 saturated heterocycles. The summed E-state index contributed by atoms with van der Waals surface area (Å²) >= 11 is 0. The molecule has 2 unspecified atom stereocenters. The highest BCUT2D eigenvalue weighted by atomic mass is 16.6. The minimum Gasteiger partial charge on any atom is -0.465 e. The number of hydrogen-bond acceptors (Lipinski definition) is 6. The van der Waals surface area contributed by atoms with Gasteiger partial charge in [0.25, 0.3) is 0 Å². The summed E-state index contributed by atoms with van der Waals surface area (Å²) in [7, 11) is 0. The molecule has 0 spiro atoms. The maximum absolute atomic E-state index is 12.3. The Labute approximate surface area is 145 Å². The number of hydrogen-bond donors (Lipinski definition) is 0. The molecule has 1 aliphatic carbocycles. The van der Waals surface area contributed by atoms with Crippen molar-refractivity contribution in [1.82, 2.24) is 0 Å². The first-order valence-electron chi connectivity index (χ1n) is 9.19. The molecule has 1 aliphatic rings. The van der Waals surface area contributed by atoms with Crippen LogP contribution in [0.3, 0.4) is 0 Å². The molecule has 1 fully saturated rings. The molecule has 1 saturated carbocycles. The molecule has 140 valence electrons. The van der Waals surface area contributed by atoms with Crippen molar-refractivity contribution >= 4 is 11.9 Å². The predicted octanol–water partition coefficient (Wildman–Crippen LogP) is 2.73. The van der Waals surface area contributed by atoms with E-state index >= 15 is 0 Å². The Hall–Kier alpha value is -1.14. The Morgan fingerprint density at radius 3 is 1.71 bits per heavy atom. The molecule has 0 aromatic rings. The third-order valence-electron chi connectivity index (χ3n) is 4.01. The molecule has 0 amide bonds. The fourth-order valence-corrected chi connectivity index (χ4v) is 2.78. The molecule has 0 aliphatic heterocycles. The third kappa shape index (κ3) is 8.11. The van der Waals surface area contributed by atoms with Crippen LogP contribution < -0.4 is 0 Å². The summed E-state index contributed by atoms with van der Waals surface area (Å²) < 4.78 is 21.1. The quantitative estimate of drug-likeness (QED) is 0.400. The number of carbonyl (C=O) groups is 2. The number of esters is 2. The van der Waals surface area contributed by atoms with Gasteiger partial charge in [0.15, 0.2) is 0 Å². The highest BCUT2D eigenvalue weighted by Crippen LogP contribution is 2.32. The van der Waals surface area contributed by atoms with Crippen LogP contribution in [0, 0.1) is 11.8 Å². The van der Waals surface area contributed by atoms with Gasteiger partial charge >= 0.3 is 11.9 Å². The van der Waals surface area contributed by atoms with Gasteiger partial charge < -0.3 is 18.9 Å². The summed E-state index contributed by atoms with van der Waals surface area (Å²) in [6, 6.07) is 0. The second-order valence-corrected chi connectivity index (χ2v) is 6.06. The van der Waals surface area contributed by atoms with Crippen LogP contribution in [0.5, 0.6) is 0 Å². The maximum Gasteiger partial charge on any atom is 0.309 e. The predicted molar refractivity (Wildman–Crippen MR) is 89.6 cm³/mol. The minimum absolute atomic E-state index is 0.208. The van der Waals surface area contributed by atoms with E-state index in [1.165, 1.54) is 0 Å². The van der Waals surface area contributed by atoms with Crippen molar-refractivity contribution in [3.05, 3.63) is 0 Å². The van der Waals surface area contributed by atoms with Crippen LogP contribution in [-0.4, -0.2) is 51.6 Å². The molecule has 0 radical (unpaired) electrons. The average molecular weight is 344 g/mol. The van der Waals surface area contributed by atoms with Crippen LogP contribution in [0.2, 0.25) is 0 Å². The SMILES string of the molecule is CCCOCCOCCOC(=O)C1CCCCC1C(=O)OCCC. The topological polar surface area (TPSA) is 71.1 Å². The summed E-state index contributed by atoms with van der Waals surface area (Å²) in [6.45, 7) is 6.74. The Morgan fingerprint density at radius 1 is 0.708 bits per heavy atom. The van der Waals surface area contributed by atoms with Crippen molar-refractivity contribution in [2.75, 3.05) is 39.6 Å². The van der Waals surface area contributed by atoms with Crippen molar-refractivity contribution in [2.45, 2.75) is 52.4 Å². The van der Waals surface area contributed by atoms with Crippen molar-refractivity contribution < 1.29 is 28.5 Å². The van der Waals surface area contributed by atoms with Crippen LogP contribution >= 0.6 is 0 Å². The first-order valence-corrected chi connectivity index (χ1v) is 9.19. The standard InChI is InChI=1S/C18H32O6/c1-3-9-21-11-12-22-13-14-24-18(20)16-8-6-5-7-15(16)17(19)23-10-4-2/h15-16H,3-14H2,1-2H3. The first-order chi connectivity index (χ1) is 11.7. The van der Waals surface area contributed by atoms with Crippen LogP contribution in [0.15, 0.2) is 0 Å². The Bertz CT molecular complexity index is 357. The second kappa shape index (κ2) is 13.2. The van der Waals surface area contributed by atoms with E-state index in [-0.39, 0.29) is 30.4 Å². The normalized spacial score (nSPS) is 20.6. The molecule has 0 bridgehead atoms. The molecular weight excluding hydrogens is 312 g/mol. The van der Waals surface area contributed by atoms with Gasteiger partial charge in [0, 0.05) is 6.61 Å². The summed E-state index contributed by atoms with van der Waals surface area (Å²) in [5.74, 6) is -1.31. The fraction of sp³-hybridized carbons (Fsp3) is 0.889. The van der Waals surface area contributed by atoms with Gasteiger partial charge in [-0.25, -0.2) is 0 Å². The Kier molecular flexibility index (Phi) is 11.5. The fourth-order valence-electron chi connectivity index (χ4n) is 2.78. The lowest BCUT2D eigenvalue weighted by atomic mass is 9.79. The molecule has 0 N–H and O–H groups in total. The molecule has 6 nitrogen and oxygen atoms in total. The minimum atomic E-state index is -0.379. The zero-order valence-corrected chi connectivity index (χ0v) is 15.1. The summed E-state index contributed by atoms with van der Waals surface area (Å²) in [4.78, 5) is 24.4. The highest BCUT2D eigenvalue weighted by Gasteiger charge is 2.37. The second-order valence-electron chi connectivity index (χ2n) is 6.06. The Morgan fingerprint density at radius 2 is 1.17 bits per heavy atom. The van der Waals surface area contributed by atoms with Crippen LogP contribution in [0.25, 0.3) is 0 Å². The van der Waals surface area contributed by atoms with E-state index < -0.39 is 0 Å². The summed E-state index contributed by atoms with van der Waals surface area (Å²) in [5, 5.41) is 0. The van der Waals surface area contributed by atoms with E-state index in [1.54, 1.807) is 0 Å². The number of rotatable bonds is 12. The van der Waals surface area contributed by atoms with E-state index in [0.717, 1.165) is 32.3 Å². The van der Waals surface area contributed by atoms with Crippen molar-refractivity contribution in [3.63, 3.8) is 0 Å². The number of carbonyl (C=O) groups excluding carboxylic acids is 2. The Balaban J connectivity index is 2.24. The van der Waals surface area contributed by atoms with Gasteiger partial charge in [-0.2, -0.15) is 0 Å². The van der Waals surface area contributed by atoms with Crippen LogP contribution in [0.4, 0.5) is 0 Å².